The third kappa shape index (κ3) is 9.90. The number of aryl methyl sites for hydroxylation is 8. The first-order chi connectivity index (χ1) is 32.4. The predicted molar refractivity (Wildman–Crippen MR) is 302 cm³/mol. The first-order valence-electron chi connectivity index (χ1n) is 26.1. The normalized spacial score (nSPS) is 16.1. The van der Waals surface area contributed by atoms with Crippen LogP contribution in [0, 0.1) is 55.4 Å². The van der Waals surface area contributed by atoms with E-state index in [4.69, 9.17) is 0 Å². The minimum absolute atomic E-state index is 0.0308. The third-order valence-corrected chi connectivity index (χ3v) is 67.3. The van der Waals surface area contributed by atoms with Gasteiger partial charge in [-0.1, -0.05) is 0 Å². The van der Waals surface area contributed by atoms with Crippen molar-refractivity contribution in [3.63, 3.8) is 0 Å². The molecule has 2 atom stereocenters. The van der Waals surface area contributed by atoms with E-state index in [1.54, 1.807) is 0 Å². The zero-order chi connectivity index (χ0) is 48.7. The van der Waals surface area contributed by atoms with Crippen LogP contribution in [0.25, 0.3) is 56.7 Å². The van der Waals surface area contributed by atoms with Crippen molar-refractivity contribution in [3.8, 4) is 44.5 Å². The molecule has 2 aliphatic rings. The van der Waals surface area contributed by atoms with Gasteiger partial charge in [-0.25, -0.2) is 0 Å². The Hall–Kier alpha value is -3.52. The van der Waals surface area contributed by atoms with Crippen molar-refractivity contribution in [1.29, 1.82) is 0 Å². The molecular weight excluding hydrogens is 959 g/mol. The number of fused-ring (bicyclic) bond motifs is 2. The van der Waals surface area contributed by atoms with Crippen molar-refractivity contribution in [2.24, 2.45) is 0 Å². The molecule has 0 amide bonds. The molecule has 0 nitrogen and oxygen atoms in total. The average molecular weight is 1040 g/mol. The molecule has 6 aromatic carbocycles. The molecule has 0 aromatic heterocycles. The fraction of sp³-hybridized carbons (Fsp3) is 0.375. The summed E-state index contributed by atoms with van der Waals surface area (Å²) in [4.78, 5) is 0. The monoisotopic (exact) mass is 1030 g/mol. The Bertz CT molecular complexity index is 2670. The summed E-state index contributed by atoms with van der Waals surface area (Å²) in [5, 5.41) is 0. The van der Waals surface area contributed by atoms with E-state index in [9.17, 15) is 17.0 Å². The van der Waals surface area contributed by atoms with E-state index in [-0.39, 0.29) is 7.25 Å². The van der Waals surface area contributed by atoms with Gasteiger partial charge >= 0.3 is 424 Å². The Morgan fingerprint density at radius 2 is 0.676 bits per heavy atom. The second kappa shape index (κ2) is 20.7. The molecule has 0 bridgehead atoms. The maximum absolute atomic E-state index is 9.56. The molecular formula is C64H77Cl2SiZr. The van der Waals surface area contributed by atoms with Crippen LogP contribution in [-0.2, 0) is 15.6 Å². The van der Waals surface area contributed by atoms with Crippen LogP contribution >= 0.6 is 17.0 Å². The van der Waals surface area contributed by atoms with Crippen molar-refractivity contribution in [1.82, 2.24) is 0 Å². The third-order valence-electron chi connectivity index (χ3n) is 15.5. The van der Waals surface area contributed by atoms with Gasteiger partial charge in [0.05, 0.1) is 0 Å². The van der Waals surface area contributed by atoms with Gasteiger partial charge in [0.1, 0.15) is 0 Å². The van der Waals surface area contributed by atoms with E-state index in [1.807, 2.05) is 0 Å². The molecule has 4 heteroatoms. The van der Waals surface area contributed by atoms with Gasteiger partial charge in [0.15, 0.2) is 0 Å². The number of allylic oxidation sites excluding steroid dienone is 2. The molecule has 0 saturated carbocycles. The summed E-state index contributed by atoms with van der Waals surface area (Å²) in [5.74, 6) is -1.93. The maximum atomic E-state index is 9.56. The molecule has 8 rings (SSSR count). The summed E-state index contributed by atoms with van der Waals surface area (Å²) < 4.78 is -0.0617. The second-order valence-corrected chi connectivity index (χ2v) is 64.3. The zero-order valence-corrected chi connectivity index (χ0v) is 48.6. The quantitative estimate of drug-likeness (QED) is 0.0631. The van der Waals surface area contributed by atoms with Crippen molar-refractivity contribution in [3.05, 3.63) is 175 Å². The Labute approximate surface area is 420 Å². The van der Waals surface area contributed by atoms with Gasteiger partial charge in [-0.05, 0) is 0 Å². The summed E-state index contributed by atoms with van der Waals surface area (Å²) >= 11 is -5.43. The molecule has 355 valence electrons. The van der Waals surface area contributed by atoms with Crippen LogP contribution in [0.15, 0.2) is 108 Å². The van der Waals surface area contributed by atoms with Gasteiger partial charge in [-0.15, -0.1) is 0 Å². The molecule has 0 N–H and O–H groups in total. The molecule has 2 unspecified atom stereocenters. The molecule has 0 spiro atoms. The minimum atomic E-state index is -5.43. The van der Waals surface area contributed by atoms with E-state index in [0.717, 1.165) is 25.7 Å². The molecule has 0 aliphatic heterocycles. The van der Waals surface area contributed by atoms with Crippen molar-refractivity contribution < 1.29 is 15.6 Å². The molecule has 0 heterocycles. The van der Waals surface area contributed by atoms with Gasteiger partial charge < -0.3 is 0 Å². The number of benzene rings is 6. The van der Waals surface area contributed by atoms with Crippen LogP contribution in [0.3, 0.4) is 0 Å². The first-order valence-corrected chi connectivity index (χ1v) is 42.4. The van der Waals surface area contributed by atoms with E-state index >= 15 is 0 Å². The van der Waals surface area contributed by atoms with E-state index in [2.05, 4.69) is 192 Å². The number of unbranched alkanes of at least 4 members (excludes halogenated alkanes) is 6. The van der Waals surface area contributed by atoms with Gasteiger partial charge in [-0.2, -0.15) is 0 Å². The fourth-order valence-corrected chi connectivity index (χ4v) is 43.9. The zero-order valence-electron chi connectivity index (χ0n) is 43.5. The Kier molecular flexibility index (Phi) is 15.5. The van der Waals surface area contributed by atoms with E-state index in [0.29, 0.717) is 0 Å². The second-order valence-electron chi connectivity index (χ2n) is 21.8. The van der Waals surface area contributed by atoms with Crippen LogP contribution in [0.1, 0.15) is 152 Å². The van der Waals surface area contributed by atoms with Crippen LogP contribution in [0.2, 0.25) is 13.1 Å². The van der Waals surface area contributed by atoms with Gasteiger partial charge in [0, 0.05) is 0 Å². The van der Waals surface area contributed by atoms with Gasteiger partial charge in [0.25, 0.3) is 0 Å². The number of hydrogen-bond donors (Lipinski definition) is 0. The first kappa shape index (κ1) is 50.9. The van der Waals surface area contributed by atoms with Gasteiger partial charge in [0.2, 0.25) is 0 Å². The van der Waals surface area contributed by atoms with E-state index in [1.165, 1.54) is 161 Å². The molecule has 6 aromatic rings. The summed E-state index contributed by atoms with van der Waals surface area (Å²) in [6, 6.07) is 38.2. The molecule has 0 radical (unpaired) electrons. The summed E-state index contributed by atoms with van der Waals surface area (Å²) in [5.41, 5.74) is 29.2. The summed E-state index contributed by atoms with van der Waals surface area (Å²) in [6.07, 6.45) is 16.9. The molecule has 2 aliphatic carbocycles. The molecule has 0 fully saturated rings. The predicted octanol–water partition coefficient (Wildman–Crippen LogP) is 20.3. The number of hydrogen-bond acceptors (Lipinski definition) is 0. The fourth-order valence-electron chi connectivity index (χ4n) is 12.7. The Morgan fingerprint density at radius 3 is 0.956 bits per heavy atom. The number of rotatable bonds is 17. The Morgan fingerprint density at radius 1 is 0.397 bits per heavy atom. The molecule has 68 heavy (non-hydrogen) atoms. The van der Waals surface area contributed by atoms with Crippen molar-refractivity contribution >= 4 is 35.1 Å². The number of halogens is 2. The van der Waals surface area contributed by atoms with Crippen molar-refractivity contribution in [2.75, 3.05) is 0 Å². The molecule has 0 saturated heterocycles. The SMILES string of the molecule is CCCCCCC1=Cc2c(-c3cc(C)cc(C)c3)ccc(-c3cc(C)cc(C)c3)c2[CH]1[Zr]([Cl])([Cl])([CH]1C(CCCCCC)=Cc2c(-c3cc(C)cc(C)c3)ccc(-c3cc(C)cc(C)c3)c21)[SiH](C)C. The topological polar surface area (TPSA) is 0 Å². The Balaban J connectivity index is 1.50. The van der Waals surface area contributed by atoms with Crippen LogP contribution in [0.4, 0.5) is 0 Å². The van der Waals surface area contributed by atoms with Crippen molar-refractivity contribution in [2.45, 2.75) is 154 Å². The van der Waals surface area contributed by atoms with Crippen LogP contribution in [-0.4, -0.2) is 5.92 Å². The van der Waals surface area contributed by atoms with Crippen LogP contribution < -0.4 is 0 Å². The van der Waals surface area contributed by atoms with Gasteiger partial charge in [-0.3, -0.25) is 0 Å². The van der Waals surface area contributed by atoms with Crippen LogP contribution in [0.5, 0.6) is 0 Å². The summed E-state index contributed by atoms with van der Waals surface area (Å²) in [6.45, 7) is 27.7. The standard InChI is InChI=1S/2C31H35.C2H7Si.2ClH.Zr/c2*1-6-7-8-9-10-25-19-30-28(26-15-21(2)13-22(3)16-26)11-12-29(31(30)20-25)27-17-23(4)14-24(5)18-27;1-3-2;;;/h2*11-20H,6-10H2,1-5H3;3H,1-2H3;2*1H;/q;;;;;+2/p-2. The average Bonchev–Trinajstić information content (AvgIpc) is 3.85. The van der Waals surface area contributed by atoms with E-state index < -0.39 is 21.5 Å². The summed E-state index contributed by atoms with van der Waals surface area (Å²) in [7, 11) is 19.1.